The van der Waals surface area contributed by atoms with Gasteiger partial charge in [-0.05, 0) is 24.6 Å². The minimum Gasteiger partial charge on any atom is -0.481 e. The number of nitrogens with zero attached hydrogens (tertiary/aromatic N) is 1. The fourth-order valence-electron chi connectivity index (χ4n) is 1.86. The minimum atomic E-state index is -1.23. The van der Waals surface area contributed by atoms with E-state index in [-0.39, 0.29) is 12.8 Å². The van der Waals surface area contributed by atoms with Crippen molar-refractivity contribution in [3.8, 4) is 0 Å². The summed E-state index contributed by atoms with van der Waals surface area (Å²) in [6, 6.07) is 3.51. The molecule has 0 bridgehead atoms. The number of carboxylic acids is 2. The van der Waals surface area contributed by atoms with Crippen molar-refractivity contribution in [3.05, 3.63) is 28.6 Å². The highest BCUT2D eigenvalue weighted by molar-refractivity contribution is 7.14. The third-order valence-corrected chi connectivity index (χ3v) is 3.98. The summed E-state index contributed by atoms with van der Waals surface area (Å²) in [4.78, 5) is 34.0. The number of fused-ring (bicyclic) bond motifs is 1. The minimum absolute atomic E-state index is 0.146. The Hall–Kier alpha value is -2.35. The lowest BCUT2D eigenvalue weighted by Crippen LogP contribution is -2.26. The number of nitrogen functional groups attached to an aromatic ring is 1. The van der Waals surface area contributed by atoms with Crippen LogP contribution in [0, 0.1) is 0 Å². The van der Waals surface area contributed by atoms with Crippen LogP contribution in [0.3, 0.4) is 0 Å². The molecule has 0 fully saturated rings. The van der Waals surface area contributed by atoms with E-state index in [9.17, 15) is 19.5 Å². The number of aromatic nitrogens is 1. The molecule has 1 heterocycles. The second-order valence-corrected chi connectivity index (χ2v) is 5.28. The molecule has 1 aromatic carbocycles. The molecule has 7 nitrogen and oxygen atoms in total. The van der Waals surface area contributed by atoms with Crippen LogP contribution in [-0.4, -0.2) is 26.1 Å². The first-order valence-corrected chi connectivity index (χ1v) is 6.53. The van der Waals surface area contributed by atoms with Crippen molar-refractivity contribution in [2.24, 2.45) is 0 Å². The third kappa shape index (κ3) is 2.64. The van der Waals surface area contributed by atoms with Crippen LogP contribution in [0.5, 0.6) is 0 Å². The number of carbonyl (C=O) groups is 2. The van der Waals surface area contributed by atoms with Gasteiger partial charge in [-0.25, -0.2) is 8.75 Å². The first kappa shape index (κ1) is 14.1. The highest BCUT2D eigenvalue weighted by Gasteiger charge is 2.24. The zero-order valence-electron chi connectivity index (χ0n) is 10.3. The van der Waals surface area contributed by atoms with Crippen LogP contribution in [0.4, 0.5) is 5.69 Å². The zero-order chi connectivity index (χ0) is 14.9. The second-order valence-electron chi connectivity index (χ2n) is 4.26. The van der Waals surface area contributed by atoms with Crippen LogP contribution < -0.4 is 11.3 Å². The summed E-state index contributed by atoms with van der Waals surface area (Å²) < 4.78 is 1.67. The molecule has 1 atom stereocenters. The van der Waals surface area contributed by atoms with E-state index in [1.54, 1.807) is 12.1 Å². The molecular weight excluding hydrogens is 284 g/mol. The lowest BCUT2D eigenvalue weighted by molar-refractivity contribution is -0.141. The van der Waals surface area contributed by atoms with Gasteiger partial charge in [0.2, 0.25) is 0 Å². The average molecular weight is 296 g/mol. The molecule has 0 spiro atoms. The van der Waals surface area contributed by atoms with Gasteiger partial charge in [0.05, 0.1) is 10.1 Å². The SMILES string of the molecule is Nc1ccc2c(=O)n(C(CCC(=O)O)C(=O)O)sc2c1. The first-order valence-electron chi connectivity index (χ1n) is 5.76. The molecule has 0 aliphatic rings. The van der Waals surface area contributed by atoms with Gasteiger partial charge in [0, 0.05) is 12.1 Å². The topological polar surface area (TPSA) is 123 Å². The summed E-state index contributed by atoms with van der Waals surface area (Å²) in [5.41, 5.74) is 5.65. The molecule has 2 aromatic rings. The van der Waals surface area contributed by atoms with Crippen molar-refractivity contribution >= 4 is 39.2 Å². The van der Waals surface area contributed by atoms with E-state index in [4.69, 9.17) is 10.8 Å². The van der Waals surface area contributed by atoms with Gasteiger partial charge in [-0.15, -0.1) is 0 Å². The second kappa shape index (κ2) is 5.33. The van der Waals surface area contributed by atoms with Crippen LogP contribution in [0.1, 0.15) is 18.9 Å². The van der Waals surface area contributed by atoms with Gasteiger partial charge in [-0.2, -0.15) is 0 Å². The van der Waals surface area contributed by atoms with Gasteiger partial charge in [0.1, 0.15) is 6.04 Å². The van der Waals surface area contributed by atoms with Crippen LogP contribution in [0.15, 0.2) is 23.0 Å². The monoisotopic (exact) mass is 296 g/mol. The van der Waals surface area contributed by atoms with Crippen LogP contribution in [-0.2, 0) is 9.59 Å². The number of aliphatic carboxylic acids is 2. The Labute approximate surface area is 117 Å². The van der Waals surface area contributed by atoms with Crippen LogP contribution in [0.2, 0.25) is 0 Å². The smallest absolute Gasteiger partial charge is 0.327 e. The Balaban J connectivity index is 2.48. The predicted molar refractivity (Wildman–Crippen MR) is 74.0 cm³/mol. The van der Waals surface area contributed by atoms with Crippen LogP contribution in [0.25, 0.3) is 10.1 Å². The summed E-state index contributed by atoms with van der Waals surface area (Å²) >= 11 is 0.977. The summed E-state index contributed by atoms with van der Waals surface area (Å²) in [5, 5.41) is 18.2. The normalized spacial score (nSPS) is 12.4. The maximum absolute atomic E-state index is 12.2. The van der Waals surface area contributed by atoms with Crippen molar-refractivity contribution in [1.82, 2.24) is 3.96 Å². The van der Waals surface area contributed by atoms with Crippen molar-refractivity contribution in [1.29, 1.82) is 0 Å². The molecule has 1 aromatic heterocycles. The summed E-state index contributed by atoms with van der Waals surface area (Å²) in [6.07, 6.45) is -0.466. The van der Waals surface area contributed by atoms with Crippen LogP contribution >= 0.6 is 11.5 Å². The Kier molecular flexibility index (Phi) is 3.75. The number of nitrogens with two attached hydrogens (primary N) is 1. The number of anilines is 1. The molecule has 0 aliphatic carbocycles. The Morgan fingerprint density at radius 3 is 2.65 bits per heavy atom. The van der Waals surface area contributed by atoms with E-state index in [2.05, 4.69) is 0 Å². The van der Waals surface area contributed by atoms with E-state index >= 15 is 0 Å². The van der Waals surface area contributed by atoms with Crippen molar-refractivity contribution in [2.75, 3.05) is 5.73 Å². The average Bonchev–Trinajstić information content (AvgIpc) is 2.66. The maximum Gasteiger partial charge on any atom is 0.327 e. The van der Waals surface area contributed by atoms with E-state index in [0.29, 0.717) is 15.8 Å². The van der Waals surface area contributed by atoms with Gasteiger partial charge in [-0.1, -0.05) is 11.5 Å². The van der Waals surface area contributed by atoms with E-state index < -0.39 is 23.5 Å². The van der Waals surface area contributed by atoms with E-state index in [0.717, 1.165) is 15.5 Å². The molecule has 0 saturated heterocycles. The fraction of sp³-hybridized carbons (Fsp3) is 0.250. The first-order chi connectivity index (χ1) is 9.40. The molecule has 2 rings (SSSR count). The number of benzene rings is 1. The molecule has 4 N–H and O–H groups in total. The molecule has 0 amide bonds. The zero-order valence-corrected chi connectivity index (χ0v) is 11.1. The summed E-state index contributed by atoms with van der Waals surface area (Å²) in [7, 11) is 0. The summed E-state index contributed by atoms with van der Waals surface area (Å²) in [5.74, 6) is -2.33. The van der Waals surface area contributed by atoms with Gasteiger partial charge in [0.25, 0.3) is 5.56 Å². The van der Waals surface area contributed by atoms with E-state index in [1.807, 2.05) is 0 Å². The molecule has 8 heteroatoms. The molecule has 106 valence electrons. The standard InChI is InChI=1S/C12H12N2O5S/c13-6-1-2-7-9(5-6)20-14(11(7)17)8(12(18)19)3-4-10(15)16/h1-2,5,8H,3-4,13H2,(H,15,16)(H,18,19). The highest BCUT2D eigenvalue weighted by Crippen LogP contribution is 2.24. The molecule has 0 radical (unpaired) electrons. The van der Waals surface area contributed by atoms with Gasteiger partial charge >= 0.3 is 11.9 Å². The van der Waals surface area contributed by atoms with Gasteiger partial charge in [-0.3, -0.25) is 9.59 Å². The van der Waals surface area contributed by atoms with Crippen molar-refractivity contribution in [3.63, 3.8) is 0 Å². The summed E-state index contributed by atoms with van der Waals surface area (Å²) in [6.45, 7) is 0. The number of rotatable bonds is 5. The number of hydrogen-bond acceptors (Lipinski definition) is 5. The van der Waals surface area contributed by atoms with Crippen molar-refractivity contribution < 1.29 is 19.8 Å². The largest absolute Gasteiger partial charge is 0.481 e. The highest BCUT2D eigenvalue weighted by atomic mass is 32.1. The fourth-order valence-corrected chi connectivity index (χ4v) is 3.02. The molecule has 1 unspecified atom stereocenters. The number of hydrogen-bond donors (Lipinski definition) is 3. The quantitative estimate of drug-likeness (QED) is 0.711. The third-order valence-electron chi connectivity index (χ3n) is 2.83. The Bertz CT molecular complexity index is 733. The molecule has 20 heavy (non-hydrogen) atoms. The molecule has 0 aliphatic heterocycles. The lowest BCUT2D eigenvalue weighted by Gasteiger charge is -2.10. The maximum atomic E-state index is 12.2. The van der Waals surface area contributed by atoms with E-state index in [1.165, 1.54) is 6.07 Å². The Morgan fingerprint density at radius 2 is 2.05 bits per heavy atom. The van der Waals surface area contributed by atoms with Gasteiger partial charge < -0.3 is 15.9 Å². The number of carboxylic acid groups (broad SMARTS) is 2. The Morgan fingerprint density at radius 1 is 1.35 bits per heavy atom. The predicted octanol–water partition coefficient (Wildman–Crippen LogP) is 1.14. The molecule has 0 saturated carbocycles. The van der Waals surface area contributed by atoms with Crippen molar-refractivity contribution in [2.45, 2.75) is 18.9 Å². The molecular formula is C12H12N2O5S. The van der Waals surface area contributed by atoms with Gasteiger partial charge in [0.15, 0.2) is 0 Å². The lowest BCUT2D eigenvalue weighted by atomic mass is 10.1.